The molecule has 84 valence electrons. The number of piperidine rings is 1. The van der Waals surface area contributed by atoms with Gasteiger partial charge in [-0.1, -0.05) is 20.3 Å². The fraction of sp³-hybridized carbons (Fsp3) is 0.833. The van der Waals surface area contributed by atoms with Crippen LogP contribution >= 0.6 is 0 Å². The lowest BCUT2D eigenvalue weighted by Crippen LogP contribution is -2.39. The molecule has 3 heteroatoms. The first-order valence-corrected chi connectivity index (χ1v) is 5.83. The van der Waals surface area contributed by atoms with Gasteiger partial charge in [0.15, 0.2) is 0 Å². The second-order valence-corrected chi connectivity index (χ2v) is 4.44. The number of carbonyl (C=O) groups is 1. The Morgan fingerprint density at radius 2 is 2.13 bits per heavy atom. The van der Waals surface area contributed by atoms with Gasteiger partial charge in [-0.3, -0.25) is 4.79 Å². The highest BCUT2D eigenvalue weighted by Crippen LogP contribution is 2.26. The molecule has 0 aromatic rings. The number of hydrogen-bond donors (Lipinski definition) is 0. The number of carbonyl (C=O) groups excluding carboxylic acids is 1. The lowest BCUT2D eigenvalue weighted by molar-refractivity contribution is -0.131. The third kappa shape index (κ3) is 3.23. The molecule has 0 N–H and O–H groups in total. The van der Waals surface area contributed by atoms with E-state index in [9.17, 15) is 4.79 Å². The van der Waals surface area contributed by atoms with Crippen LogP contribution in [0.3, 0.4) is 0 Å². The van der Waals surface area contributed by atoms with Crippen LogP contribution in [0.2, 0.25) is 0 Å². The van der Waals surface area contributed by atoms with Gasteiger partial charge in [0.05, 0.1) is 6.07 Å². The van der Waals surface area contributed by atoms with Crippen molar-refractivity contribution in [1.29, 1.82) is 5.26 Å². The van der Waals surface area contributed by atoms with E-state index in [1.54, 1.807) is 0 Å². The lowest BCUT2D eigenvalue weighted by Gasteiger charge is -2.34. The zero-order valence-electron chi connectivity index (χ0n) is 9.70. The Kier molecular flexibility index (Phi) is 4.61. The van der Waals surface area contributed by atoms with Crippen molar-refractivity contribution in [2.24, 2.45) is 11.8 Å². The summed E-state index contributed by atoms with van der Waals surface area (Å²) in [6.45, 7) is 6.19. The molecule has 1 aliphatic heterocycles. The minimum atomic E-state index is 0.0000940. The minimum Gasteiger partial charge on any atom is -0.342 e. The van der Waals surface area contributed by atoms with Crippen LogP contribution in [0.25, 0.3) is 0 Å². The predicted octanol–water partition coefficient (Wildman–Crippen LogP) is 2.18. The molecule has 0 aromatic heterocycles. The van der Waals surface area contributed by atoms with Gasteiger partial charge in [-0.2, -0.15) is 5.26 Å². The quantitative estimate of drug-likeness (QED) is 0.713. The monoisotopic (exact) mass is 208 g/mol. The average Bonchev–Trinajstić information content (AvgIpc) is 2.28. The van der Waals surface area contributed by atoms with E-state index in [2.05, 4.69) is 13.8 Å². The summed E-state index contributed by atoms with van der Waals surface area (Å²) >= 11 is 0. The molecule has 1 amide bonds. The van der Waals surface area contributed by atoms with Crippen LogP contribution in [-0.4, -0.2) is 23.9 Å². The fourth-order valence-corrected chi connectivity index (χ4v) is 2.23. The Balaban J connectivity index is 2.36. The van der Waals surface area contributed by atoms with E-state index in [-0.39, 0.29) is 12.3 Å². The largest absolute Gasteiger partial charge is 0.342 e. The molecule has 0 spiro atoms. The van der Waals surface area contributed by atoms with Gasteiger partial charge in [0.1, 0.15) is 6.42 Å². The topological polar surface area (TPSA) is 44.1 Å². The van der Waals surface area contributed by atoms with Crippen LogP contribution < -0.4 is 0 Å². The smallest absolute Gasteiger partial charge is 0.236 e. The summed E-state index contributed by atoms with van der Waals surface area (Å²) < 4.78 is 0. The number of likely N-dealkylation sites (tertiary alicyclic amines) is 1. The van der Waals surface area contributed by atoms with Crippen molar-refractivity contribution in [3.63, 3.8) is 0 Å². The Labute approximate surface area is 92.1 Å². The molecule has 1 heterocycles. The van der Waals surface area contributed by atoms with E-state index in [4.69, 9.17) is 5.26 Å². The van der Waals surface area contributed by atoms with Crippen molar-refractivity contribution in [3.8, 4) is 6.07 Å². The van der Waals surface area contributed by atoms with Gasteiger partial charge in [0.25, 0.3) is 0 Å². The van der Waals surface area contributed by atoms with Crippen LogP contribution in [0.5, 0.6) is 0 Å². The first-order chi connectivity index (χ1) is 7.19. The van der Waals surface area contributed by atoms with Crippen LogP contribution in [0.15, 0.2) is 0 Å². The van der Waals surface area contributed by atoms with Gasteiger partial charge in [-0.25, -0.2) is 0 Å². The summed E-state index contributed by atoms with van der Waals surface area (Å²) in [5.74, 6) is 1.53. The lowest BCUT2D eigenvalue weighted by atomic mass is 9.84. The molecule has 15 heavy (non-hydrogen) atoms. The van der Waals surface area contributed by atoms with Gasteiger partial charge in [-0.15, -0.1) is 0 Å². The molecule has 1 aliphatic rings. The molecule has 0 unspecified atom stereocenters. The summed E-state index contributed by atoms with van der Waals surface area (Å²) in [5.41, 5.74) is 0. The van der Waals surface area contributed by atoms with E-state index in [1.165, 1.54) is 6.42 Å². The summed E-state index contributed by atoms with van der Waals surface area (Å²) in [6.07, 6.45) is 3.46. The second-order valence-electron chi connectivity index (χ2n) is 4.44. The number of amides is 1. The van der Waals surface area contributed by atoms with Crippen molar-refractivity contribution in [2.45, 2.75) is 39.5 Å². The zero-order valence-corrected chi connectivity index (χ0v) is 9.70. The molecule has 0 radical (unpaired) electrons. The van der Waals surface area contributed by atoms with Crippen molar-refractivity contribution in [3.05, 3.63) is 0 Å². The number of nitriles is 1. The predicted molar refractivity (Wildman–Crippen MR) is 59.0 cm³/mol. The summed E-state index contributed by atoms with van der Waals surface area (Å²) in [6, 6.07) is 1.92. The fourth-order valence-electron chi connectivity index (χ4n) is 2.23. The third-order valence-corrected chi connectivity index (χ3v) is 3.57. The second kappa shape index (κ2) is 5.75. The van der Waals surface area contributed by atoms with Crippen LogP contribution in [0, 0.1) is 23.2 Å². The van der Waals surface area contributed by atoms with Gasteiger partial charge in [0, 0.05) is 13.1 Å². The van der Waals surface area contributed by atoms with Gasteiger partial charge < -0.3 is 4.90 Å². The first-order valence-electron chi connectivity index (χ1n) is 5.83. The SMILES string of the molecule is CC[C@H](C)C1CCN(C(=O)CC#N)CC1. The standard InChI is InChI=1S/C12H20N2O/c1-3-10(2)11-5-8-14(9-6-11)12(15)4-7-13/h10-11H,3-6,8-9H2,1-2H3/t10-/m0/s1. The van der Waals surface area contributed by atoms with E-state index in [0.717, 1.165) is 37.8 Å². The summed E-state index contributed by atoms with van der Waals surface area (Å²) in [7, 11) is 0. The minimum absolute atomic E-state index is 0.0000940. The molecule has 0 aromatic carbocycles. The zero-order chi connectivity index (χ0) is 11.3. The Hall–Kier alpha value is -1.04. The molecular formula is C12H20N2O. The first kappa shape index (κ1) is 12.0. The highest BCUT2D eigenvalue weighted by Gasteiger charge is 2.25. The Bertz CT molecular complexity index is 249. The van der Waals surface area contributed by atoms with Crippen molar-refractivity contribution in [1.82, 2.24) is 4.90 Å². The maximum Gasteiger partial charge on any atom is 0.236 e. The summed E-state index contributed by atoms with van der Waals surface area (Å²) in [5, 5.41) is 8.45. The van der Waals surface area contributed by atoms with Gasteiger partial charge in [0.2, 0.25) is 5.91 Å². The molecular weight excluding hydrogens is 188 g/mol. The third-order valence-electron chi connectivity index (χ3n) is 3.57. The van der Waals surface area contributed by atoms with Gasteiger partial charge >= 0.3 is 0 Å². The van der Waals surface area contributed by atoms with E-state index in [0.29, 0.717) is 0 Å². The van der Waals surface area contributed by atoms with E-state index in [1.807, 2.05) is 11.0 Å². The maximum absolute atomic E-state index is 11.4. The van der Waals surface area contributed by atoms with Crippen LogP contribution in [0.4, 0.5) is 0 Å². The molecule has 1 rings (SSSR count). The van der Waals surface area contributed by atoms with Crippen LogP contribution in [0.1, 0.15) is 39.5 Å². The number of hydrogen-bond acceptors (Lipinski definition) is 2. The van der Waals surface area contributed by atoms with Crippen molar-refractivity contribution < 1.29 is 4.79 Å². The Morgan fingerprint density at radius 1 is 1.53 bits per heavy atom. The van der Waals surface area contributed by atoms with E-state index < -0.39 is 0 Å². The molecule has 0 saturated carbocycles. The molecule has 1 saturated heterocycles. The molecule has 3 nitrogen and oxygen atoms in total. The van der Waals surface area contributed by atoms with Crippen molar-refractivity contribution in [2.75, 3.05) is 13.1 Å². The molecule has 0 bridgehead atoms. The maximum atomic E-state index is 11.4. The van der Waals surface area contributed by atoms with Gasteiger partial charge in [-0.05, 0) is 24.7 Å². The summed E-state index contributed by atoms with van der Waals surface area (Å²) in [4.78, 5) is 13.3. The van der Waals surface area contributed by atoms with Crippen LogP contribution in [-0.2, 0) is 4.79 Å². The normalized spacial score (nSPS) is 19.7. The molecule has 1 atom stereocenters. The number of nitrogens with zero attached hydrogens (tertiary/aromatic N) is 2. The molecule has 0 aliphatic carbocycles. The highest BCUT2D eigenvalue weighted by molar-refractivity contribution is 5.78. The van der Waals surface area contributed by atoms with E-state index >= 15 is 0 Å². The highest BCUT2D eigenvalue weighted by atomic mass is 16.2. The number of rotatable bonds is 3. The van der Waals surface area contributed by atoms with Crippen molar-refractivity contribution >= 4 is 5.91 Å². The average molecular weight is 208 g/mol. The Morgan fingerprint density at radius 3 is 2.60 bits per heavy atom. The molecule has 1 fully saturated rings.